The first-order chi connectivity index (χ1) is 12.2. The number of carbonyl (C=O) groups excluding carboxylic acids is 1. The maximum atomic E-state index is 11.3. The molecule has 0 unspecified atom stereocenters. The first-order valence-electron chi connectivity index (χ1n) is 7.81. The SMILES string of the molecule is COC(=O)c1ccc(COc2ccc(OCc3ccccc3)cc2)o1. The van der Waals surface area contributed by atoms with Crippen molar-refractivity contribution in [2.24, 2.45) is 0 Å². The second-order valence-corrected chi connectivity index (χ2v) is 5.29. The molecule has 0 amide bonds. The molecule has 5 heteroatoms. The van der Waals surface area contributed by atoms with Crippen molar-refractivity contribution in [3.8, 4) is 11.5 Å². The summed E-state index contributed by atoms with van der Waals surface area (Å²) in [5.41, 5.74) is 1.11. The summed E-state index contributed by atoms with van der Waals surface area (Å²) >= 11 is 0. The van der Waals surface area contributed by atoms with Crippen LogP contribution in [-0.4, -0.2) is 13.1 Å². The van der Waals surface area contributed by atoms with Gasteiger partial charge in [-0.3, -0.25) is 0 Å². The fourth-order valence-electron chi connectivity index (χ4n) is 2.19. The number of esters is 1. The smallest absolute Gasteiger partial charge is 0.373 e. The van der Waals surface area contributed by atoms with Crippen molar-refractivity contribution in [2.75, 3.05) is 7.11 Å². The lowest BCUT2D eigenvalue weighted by atomic mass is 10.2. The van der Waals surface area contributed by atoms with Crippen LogP contribution in [0, 0.1) is 0 Å². The number of furan rings is 1. The van der Waals surface area contributed by atoms with Gasteiger partial charge in [0.25, 0.3) is 0 Å². The Hall–Kier alpha value is -3.21. The van der Waals surface area contributed by atoms with Crippen LogP contribution in [0.5, 0.6) is 11.5 Å². The van der Waals surface area contributed by atoms with Crippen LogP contribution in [0.4, 0.5) is 0 Å². The molecule has 0 spiro atoms. The Morgan fingerprint density at radius 3 is 2.12 bits per heavy atom. The predicted molar refractivity (Wildman–Crippen MR) is 91.6 cm³/mol. The lowest BCUT2D eigenvalue weighted by molar-refractivity contribution is 0.0561. The van der Waals surface area contributed by atoms with E-state index in [1.807, 2.05) is 54.6 Å². The summed E-state index contributed by atoms with van der Waals surface area (Å²) in [5.74, 6) is 1.65. The van der Waals surface area contributed by atoms with Crippen LogP contribution in [0.3, 0.4) is 0 Å². The van der Waals surface area contributed by atoms with Crippen molar-refractivity contribution in [3.63, 3.8) is 0 Å². The largest absolute Gasteiger partial charge is 0.489 e. The summed E-state index contributed by atoms with van der Waals surface area (Å²) in [5, 5.41) is 0. The van der Waals surface area contributed by atoms with Gasteiger partial charge in [-0.25, -0.2) is 4.79 Å². The number of methoxy groups -OCH3 is 1. The van der Waals surface area contributed by atoms with E-state index in [1.165, 1.54) is 7.11 Å². The zero-order valence-electron chi connectivity index (χ0n) is 13.8. The Kier molecular flexibility index (Phi) is 5.36. The van der Waals surface area contributed by atoms with Gasteiger partial charge in [0.1, 0.15) is 30.5 Å². The number of hydrogen-bond donors (Lipinski definition) is 0. The number of benzene rings is 2. The van der Waals surface area contributed by atoms with Gasteiger partial charge in [0.05, 0.1) is 7.11 Å². The van der Waals surface area contributed by atoms with Gasteiger partial charge in [-0.1, -0.05) is 30.3 Å². The molecule has 0 atom stereocenters. The lowest BCUT2D eigenvalue weighted by Gasteiger charge is -2.08. The van der Waals surface area contributed by atoms with Crippen LogP contribution in [0.15, 0.2) is 71.1 Å². The van der Waals surface area contributed by atoms with Gasteiger partial charge in [0.2, 0.25) is 5.76 Å². The molecular weight excluding hydrogens is 320 g/mol. The first-order valence-corrected chi connectivity index (χ1v) is 7.81. The quantitative estimate of drug-likeness (QED) is 0.604. The average Bonchev–Trinajstić information content (AvgIpc) is 3.15. The number of hydrogen-bond acceptors (Lipinski definition) is 5. The molecule has 3 aromatic rings. The van der Waals surface area contributed by atoms with Crippen molar-refractivity contribution in [1.82, 2.24) is 0 Å². The summed E-state index contributed by atoms with van der Waals surface area (Å²) < 4.78 is 21.3. The fourth-order valence-corrected chi connectivity index (χ4v) is 2.19. The van der Waals surface area contributed by atoms with E-state index in [4.69, 9.17) is 13.9 Å². The summed E-state index contributed by atoms with van der Waals surface area (Å²) in [6.45, 7) is 0.741. The van der Waals surface area contributed by atoms with Crippen LogP contribution in [0.2, 0.25) is 0 Å². The van der Waals surface area contributed by atoms with Crippen molar-refractivity contribution in [2.45, 2.75) is 13.2 Å². The highest BCUT2D eigenvalue weighted by Crippen LogP contribution is 2.20. The Bertz CT molecular complexity index is 806. The van der Waals surface area contributed by atoms with Crippen molar-refractivity contribution >= 4 is 5.97 Å². The van der Waals surface area contributed by atoms with E-state index < -0.39 is 5.97 Å². The molecule has 5 nitrogen and oxygen atoms in total. The average molecular weight is 338 g/mol. The van der Waals surface area contributed by atoms with Gasteiger partial charge < -0.3 is 18.6 Å². The number of ether oxygens (including phenoxy) is 3. The van der Waals surface area contributed by atoms with Crippen LogP contribution >= 0.6 is 0 Å². The third kappa shape index (κ3) is 4.64. The molecule has 0 aliphatic heterocycles. The molecule has 1 aromatic heterocycles. The molecule has 0 N–H and O–H groups in total. The van der Waals surface area contributed by atoms with Crippen molar-refractivity contribution in [3.05, 3.63) is 83.8 Å². The minimum absolute atomic E-state index is 0.158. The van der Waals surface area contributed by atoms with Gasteiger partial charge in [-0.2, -0.15) is 0 Å². The Morgan fingerprint density at radius 2 is 1.48 bits per heavy atom. The number of rotatable bonds is 7. The van der Waals surface area contributed by atoms with E-state index in [9.17, 15) is 4.79 Å². The number of carbonyl (C=O) groups is 1. The summed E-state index contributed by atoms with van der Waals surface area (Å²) in [7, 11) is 1.31. The van der Waals surface area contributed by atoms with Crippen LogP contribution < -0.4 is 9.47 Å². The highest BCUT2D eigenvalue weighted by atomic mass is 16.5. The maximum absolute atomic E-state index is 11.3. The third-order valence-electron chi connectivity index (χ3n) is 3.50. The van der Waals surface area contributed by atoms with Gasteiger partial charge in [0, 0.05) is 0 Å². The van der Waals surface area contributed by atoms with Gasteiger partial charge in [-0.15, -0.1) is 0 Å². The van der Waals surface area contributed by atoms with Crippen LogP contribution in [0.25, 0.3) is 0 Å². The molecule has 25 heavy (non-hydrogen) atoms. The minimum atomic E-state index is -0.508. The molecule has 0 radical (unpaired) electrons. The normalized spacial score (nSPS) is 10.3. The van der Waals surface area contributed by atoms with E-state index in [2.05, 4.69) is 4.74 Å². The van der Waals surface area contributed by atoms with Crippen molar-refractivity contribution in [1.29, 1.82) is 0 Å². The molecule has 2 aromatic carbocycles. The van der Waals surface area contributed by atoms with Gasteiger partial charge in [0.15, 0.2) is 0 Å². The van der Waals surface area contributed by atoms with Gasteiger partial charge in [-0.05, 0) is 42.0 Å². The summed E-state index contributed by atoms with van der Waals surface area (Å²) in [6.07, 6.45) is 0. The molecule has 1 heterocycles. The molecular formula is C20H18O5. The van der Waals surface area contributed by atoms with E-state index in [1.54, 1.807) is 12.1 Å². The Labute approximate surface area is 145 Å². The predicted octanol–water partition coefficient (Wildman–Crippen LogP) is 4.22. The van der Waals surface area contributed by atoms with Crippen LogP contribution in [-0.2, 0) is 18.0 Å². The fraction of sp³-hybridized carbons (Fsp3) is 0.150. The minimum Gasteiger partial charge on any atom is -0.489 e. The van der Waals surface area contributed by atoms with Crippen molar-refractivity contribution < 1.29 is 23.4 Å². The van der Waals surface area contributed by atoms with E-state index >= 15 is 0 Å². The van der Waals surface area contributed by atoms with E-state index in [0.717, 1.165) is 11.3 Å². The van der Waals surface area contributed by atoms with E-state index in [-0.39, 0.29) is 12.4 Å². The Morgan fingerprint density at radius 1 is 0.840 bits per heavy atom. The maximum Gasteiger partial charge on any atom is 0.373 e. The molecule has 3 rings (SSSR count). The molecule has 0 saturated heterocycles. The zero-order valence-corrected chi connectivity index (χ0v) is 13.8. The van der Waals surface area contributed by atoms with Gasteiger partial charge >= 0.3 is 5.97 Å². The summed E-state index contributed by atoms with van der Waals surface area (Å²) in [4.78, 5) is 11.3. The summed E-state index contributed by atoms with van der Waals surface area (Å²) in [6, 6.07) is 20.6. The molecule has 128 valence electrons. The Balaban J connectivity index is 1.50. The molecule has 0 aliphatic rings. The highest BCUT2D eigenvalue weighted by molar-refractivity contribution is 5.86. The molecule has 0 saturated carbocycles. The van der Waals surface area contributed by atoms with E-state index in [0.29, 0.717) is 18.1 Å². The van der Waals surface area contributed by atoms with Crippen LogP contribution in [0.1, 0.15) is 21.9 Å². The lowest BCUT2D eigenvalue weighted by Crippen LogP contribution is -1.99. The molecule has 0 aliphatic carbocycles. The highest BCUT2D eigenvalue weighted by Gasteiger charge is 2.11. The monoisotopic (exact) mass is 338 g/mol. The first kappa shape index (κ1) is 16.6. The molecule has 0 bridgehead atoms. The topological polar surface area (TPSA) is 57.9 Å². The second kappa shape index (κ2) is 8.06. The zero-order chi connectivity index (χ0) is 17.5. The standard InChI is InChI=1S/C20H18O5/c1-22-20(21)19-12-11-18(25-19)14-24-17-9-7-16(8-10-17)23-13-15-5-3-2-4-6-15/h2-12H,13-14H2,1H3. The second-order valence-electron chi connectivity index (χ2n) is 5.29. The third-order valence-corrected chi connectivity index (χ3v) is 3.50. The molecule has 0 fully saturated rings.